The third-order valence-corrected chi connectivity index (χ3v) is 8.42. The molecule has 0 fully saturated rings. The predicted molar refractivity (Wildman–Crippen MR) is 175 cm³/mol. The number of hydrogen-bond donors (Lipinski definition) is 1. The van der Waals surface area contributed by atoms with Crippen LogP contribution in [0.4, 0.5) is 5.82 Å². The summed E-state index contributed by atoms with van der Waals surface area (Å²) in [6.07, 6.45) is 7.75. The van der Waals surface area contributed by atoms with Gasteiger partial charge in [-0.1, -0.05) is 50.2 Å². The lowest BCUT2D eigenvalue weighted by atomic mass is 9.99. The lowest BCUT2D eigenvalue weighted by Crippen LogP contribution is -2.29. The largest absolute Gasteiger partial charge is 0.360 e. The molecule has 0 bridgehead atoms. The summed E-state index contributed by atoms with van der Waals surface area (Å²) < 4.78 is 3.80. The van der Waals surface area contributed by atoms with Crippen molar-refractivity contribution in [2.45, 2.75) is 46.2 Å². The highest BCUT2D eigenvalue weighted by Crippen LogP contribution is 2.31. The van der Waals surface area contributed by atoms with Gasteiger partial charge in [-0.05, 0) is 62.0 Å². The van der Waals surface area contributed by atoms with Crippen LogP contribution < -0.4 is 10.9 Å². The lowest BCUT2D eigenvalue weighted by molar-refractivity contribution is 0.259. The van der Waals surface area contributed by atoms with E-state index in [4.69, 9.17) is 0 Å². The summed E-state index contributed by atoms with van der Waals surface area (Å²) in [4.78, 5) is 31.0. The molecule has 0 amide bonds. The molecule has 6 rings (SSSR count). The van der Waals surface area contributed by atoms with Gasteiger partial charge in [-0.2, -0.15) is 5.10 Å². The van der Waals surface area contributed by atoms with E-state index in [1.807, 2.05) is 66.3 Å². The molecule has 0 aliphatic rings. The van der Waals surface area contributed by atoms with Gasteiger partial charge in [-0.15, -0.1) is 11.3 Å². The van der Waals surface area contributed by atoms with Crippen molar-refractivity contribution in [3.63, 3.8) is 0 Å². The Morgan fingerprint density at radius 2 is 1.79 bits per heavy atom. The minimum Gasteiger partial charge on any atom is -0.360 e. The average molecular weight is 593 g/mol. The Kier molecular flexibility index (Phi) is 8.57. The van der Waals surface area contributed by atoms with Crippen LogP contribution in [0, 0.1) is 0 Å². The molecular weight excluding hydrogens is 556 g/mol. The fourth-order valence-corrected chi connectivity index (χ4v) is 6.33. The van der Waals surface area contributed by atoms with Crippen molar-refractivity contribution in [3.05, 3.63) is 94.9 Å². The Bertz CT molecular complexity index is 1890. The highest BCUT2D eigenvalue weighted by molar-refractivity contribution is 7.16. The summed E-state index contributed by atoms with van der Waals surface area (Å²) >= 11 is 1.47. The van der Waals surface area contributed by atoms with Gasteiger partial charge in [0.15, 0.2) is 5.82 Å². The molecular formula is C33H36N8OS. The van der Waals surface area contributed by atoms with Gasteiger partial charge >= 0.3 is 0 Å². The fraction of sp³-hybridized carbons (Fsp3) is 0.303. The summed E-state index contributed by atoms with van der Waals surface area (Å²) in [5, 5.41) is 9.71. The maximum atomic E-state index is 14.5. The molecule has 220 valence electrons. The zero-order valence-corrected chi connectivity index (χ0v) is 25.6. The molecule has 2 aromatic carbocycles. The van der Waals surface area contributed by atoms with Crippen LogP contribution in [-0.2, 0) is 6.54 Å². The minimum atomic E-state index is -0.252. The third kappa shape index (κ3) is 5.93. The molecule has 4 aromatic heterocycles. The second-order valence-corrected chi connectivity index (χ2v) is 11.6. The Morgan fingerprint density at radius 3 is 2.58 bits per heavy atom. The van der Waals surface area contributed by atoms with E-state index in [1.165, 1.54) is 17.7 Å². The van der Waals surface area contributed by atoms with E-state index in [2.05, 4.69) is 56.4 Å². The highest BCUT2D eigenvalue weighted by Gasteiger charge is 2.20. The number of pyridine rings is 1. The van der Waals surface area contributed by atoms with Crippen molar-refractivity contribution < 1.29 is 0 Å². The van der Waals surface area contributed by atoms with Crippen LogP contribution in [0.15, 0.2) is 83.6 Å². The molecule has 43 heavy (non-hydrogen) atoms. The van der Waals surface area contributed by atoms with E-state index >= 15 is 0 Å². The number of anilines is 1. The Labute approximate surface area is 254 Å². The molecule has 0 aliphatic heterocycles. The Hall–Kier alpha value is -4.41. The number of aromatic nitrogens is 6. The van der Waals surface area contributed by atoms with Gasteiger partial charge in [0.05, 0.1) is 29.7 Å². The number of nitrogens with one attached hydrogen (secondary N) is 1. The van der Waals surface area contributed by atoms with Gasteiger partial charge in [-0.3, -0.25) is 14.0 Å². The molecule has 0 unspecified atom stereocenters. The van der Waals surface area contributed by atoms with Crippen molar-refractivity contribution >= 4 is 38.3 Å². The van der Waals surface area contributed by atoms with Crippen molar-refractivity contribution in [3.8, 4) is 16.8 Å². The van der Waals surface area contributed by atoms with E-state index in [-0.39, 0.29) is 11.6 Å². The standard InChI is InChI=1S/C33H36N8OS/c1-4-14-39(15-5-2)16-17-40-20-25(19-37-40)27-13-9-10-24-18-28(41(33(42)29(24)27)26-11-7-6-8-12-26)23(3)38-31-30-32(35-21-34-31)43-22-36-30/h6-13,18-23H,4-5,14-17H2,1-3H3,(H,34,35,38)/t23-/m0/s1. The van der Waals surface area contributed by atoms with Gasteiger partial charge in [0.1, 0.15) is 16.7 Å². The Morgan fingerprint density at radius 1 is 0.977 bits per heavy atom. The minimum absolute atomic E-state index is 0.0748. The molecule has 10 heteroatoms. The van der Waals surface area contributed by atoms with Crippen molar-refractivity contribution in [1.29, 1.82) is 0 Å². The average Bonchev–Trinajstić information content (AvgIpc) is 3.71. The molecule has 6 aromatic rings. The lowest BCUT2D eigenvalue weighted by Gasteiger charge is -2.22. The normalized spacial score (nSPS) is 12.4. The molecule has 1 N–H and O–H groups in total. The second-order valence-electron chi connectivity index (χ2n) is 10.7. The van der Waals surface area contributed by atoms with Crippen LogP contribution >= 0.6 is 11.3 Å². The molecule has 0 aliphatic carbocycles. The van der Waals surface area contributed by atoms with E-state index in [1.54, 1.807) is 10.1 Å². The van der Waals surface area contributed by atoms with Crippen LogP contribution in [0.1, 0.15) is 45.3 Å². The van der Waals surface area contributed by atoms with Gasteiger partial charge in [-0.25, -0.2) is 15.0 Å². The number of fused-ring (bicyclic) bond motifs is 2. The van der Waals surface area contributed by atoms with Crippen LogP contribution in [-0.4, -0.2) is 53.8 Å². The predicted octanol–water partition coefficient (Wildman–Crippen LogP) is 6.55. The number of thiazole rings is 1. The van der Waals surface area contributed by atoms with E-state index in [0.717, 1.165) is 77.3 Å². The number of nitrogens with zero attached hydrogens (tertiary/aromatic N) is 7. The summed E-state index contributed by atoms with van der Waals surface area (Å²) in [5.41, 5.74) is 5.86. The zero-order chi connectivity index (χ0) is 29.8. The molecule has 4 heterocycles. The molecule has 0 spiro atoms. The van der Waals surface area contributed by atoms with Crippen molar-refractivity contribution in [2.75, 3.05) is 25.0 Å². The molecule has 9 nitrogen and oxygen atoms in total. The first-order valence-corrected chi connectivity index (χ1v) is 15.7. The first-order valence-electron chi connectivity index (χ1n) is 14.9. The van der Waals surface area contributed by atoms with Crippen LogP contribution in [0.5, 0.6) is 0 Å². The summed E-state index contributed by atoms with van der Waals surface area (Å²) in [5.74, 6) is 0.642. The monoisotopic (exact) mass is 592 g/mol. The SMILES string of the molecule is CCCN(CCC)CCn1cc(-c2cccc3cc([C@H](C)Nc4ncnc5scnc45)n(-c4ccccc4)c(=O)c23)cn1. The fourth-order valence-electron chi connectivity index (χ4n) is 5.70. The molecule has 1 atom stereocenters. The van der Waals surface area contributed by atoms with E-state index < -0.39 is 0 Å². The van der Waals surface area contributed by atoms with E-state index in [9.17, 15) is 4.79 Å². The van der Waals surface area contributed by atoms with Crippen LogP contribution in [0.25, 0.3) is 37.9 Å². The topological polar surface area (TPSA) is 93.8 Å². The quantitative estimate of drug-likeness (QED) is 0.172. The van der Waals surface area contributed by atoms with E-state index in [0.29, 0.717) is 11.2 Å². The highest BCUT2D eigenvalue weighted by atomic mass is 32.1. The maximum absolute atomic E-state index is 14.5. The van der Waals surface area contributed by atoms with Crippen molar-refractivity contribution in [1.82, 2.24) is 34.2 Å². The zero-order valence-electron chi connectivity index (χ0n) is 24.8. The third-order valence-electron chi connectivity index (χ3n) is 7.69. The number of benzene rings is 2. The van der Waals surface area contributed by atoms with Gasteiger partial charge < -0.3 is 10.2 Å². The van der Waals surface area contributed by atoms with Crippen LogP contribution in [0.2, 0.25) is 0 Å². The number of hydrogen-bond acceptors (Lipinski definition) is 8. The molecule has 0 radical (unpaired) electrons. The number of para-hydroxylation sites is 1. The summed E-state index contributed by atoms with van der Waals surface area (Å²) in [7, 11) is 0. The van der Waals surface area contributed by atoms with Gasteiger partial charge in [0, 0.05) is 29.7 Å². The van der Waals surface area contributed by atoms with Gasteiger partial charge in [0.25, 0.3) is 5.56 Å². The summed E-state index contributed by atoms with van der Waals surface area (Å²) in [6, 6.07) is 17.7. The van der Waals surface area contributed by atoms with Crippen molar-refractivity contribution in [2.24, 2.45) is 0 Å². The number of rotatable bonds is 12. The first kappa shape index (κ1) is 28.7. The van der Waals surface area contributed by atoms with Crippen LogP contribution in [0.3, 0.4) is 0 Å². The second kappa shape index (κ2) is 12.8. The Balaban J connectivity index is 1.41. The maximum Gasteiger partial charge on any atom is 0.263 e. The molecule has 0 saturated carbocycles. The summed E-state index contributed by atoms with van der Waals surface area (Å²) in [6.45, 7) is 10.4. The smallest absolute Gasteiger partial charge is 0.263 e. The molecule has 0 saturated heterocycles. The first-order chi connectivity index (χ1) is 21.1. The van der Waals surface area contributed by atoms with Gasteiger partial charge in [0.2, 0.25) is 0 Å².